The van der Waals surface area contributed by atoms with Gasteiger partial charge in [0.2, 0.25) is 10.0 Å². The lowest BCUT2D eigenvalue weighted by atomic mass is 10.1. The molecule has 0 amide bonds. The van der Waals surface area contributed by atoms with Gasteiger partial charge in [-0.25, -0.2) is 13.1 Å². The molecule has 2 aromatic carbocycles. The van der Waals surface area contributed by atoms with Gasteiger partial charge in [-0.1, -0.05) is 24.3 Å². The minimum atomic E-state index is -3.51. The molecule has 102 valence electrons. The predicted molar refractivity (Wildman–Crippen MR) is 86.7 cm³/mol. The fourth-order valence-corrected chi connectivity index (χ4v) is 4.21. The summed E-state index contributed by atoms with van der Waals surface area (Å²) in [7, 11) is -3.51. The minimum Gasteiger partial charge on any atom is -0.207 e. The minimum absolute atomic E-state index is 0.332. The molecule has 3 nitrogen and oxygen atoms in total. The highest BCUT2D eigenvalue weighted by molar-refractivity contribution is 14.1. The quantitative estimate of drug-likeness (QED) is 0.799. The summed E-state index contributed by atoms with van der Waals surface area (Å²) in [5.41, 5.74) is -0.497. The molecular weight excluding hydrogens is 373 g/mol. The second kappa shape index (κ2) is 5.03. The Morgan fingerprint density at radius 2 is 1.58 bits per heavy atom. The van der Waals surface area contributed by atoms with Gasteiger partial charge in [0.25, 0.3) is 0 Å². The molecule has 0 atom stereocenters. The van der Waals surface area contributed by atoms with Crippen molar-refractivity contribution in [2.45, 2.75) is 31.2 Å². The van der Waals surface area contributed by atoms with Crippen LogP contribution in [0.1, 0.15) is 20.8 Å². The highest BCUT2D eigenvalue weighted by atomic mass is 127. The van der Waals surface area contributed by atoms with Gasteiger partial charge in [0.15, 0.2) is 0 Å². The van der Waals surface area contributed by atoms with Crippen LogP contribution in [0.2, 0.25) is 0 Å². The number of benzene rings is 2. The average molecular weight is 389 g/mol. The van der Waals surface area contributed by atoms with E-state index in [1.807, 2.05) is 51.1 Å². The number of rotatable bonds is 2. The van der Waals surface area contributed by atoms with Crippen LogP contribution in [0.15, 0.2) is 41.3 Å². The maximum atomic E-state index is 12.5. The molecule has 0 saturated carbocycles. The summed E-state index contributed by atoms with van der Waals surface area (Å²) in [5.74, 6) is 0. The monoisotopic (exact) mass is 389 g/mol. The molecule has 19 heavy (non-hydrogen) atoms. The van der Waals surface area contributed by atoms with Crippen molar-refractivity contribution in [3.63, 3.8) is 0 Å². The number of sulfonamides is 1. The van der Waals surface area contributed by atoms with Crippen LogP contribution in [0.4, 0.5) is 0 Å². The average Bonchev–Trinajstić information content (AvgIpc) is 2.26. The summed E-state index contributed by atoms with van der Waals surface area (Å²) in [6.07, 6.45) is 0. The molecule has 0 unspecified atom stereocenters. The van der Waals surface area contributed by atoms with Crippen molar-refractivity contribution in [1.29, 1.82) is 0 Å². The van der Waals surface area contributed by atoms with Gasteiger partial charge < -0.3 is 0 Å². The molecule has 0 spiro atoms. The van der Waals surface area contributed by atoms with Crippen molar-refractivity contribution in [1.82, 2.24) is 4.72 Å². The summed E-state index contributed by atoms with van der Waals surface area (Å²) < 4.78 is 28.7. The first-order valence-corrected chi connectivity index (χ1v) is 8.48. The second-order valence-electron chi connectivity index (χ2n) is 5.45. The van der Waals surface area contributed by atoms with Crippen molar-refractivity contribution < 1.29 is 8.42 Å². The zero-order chi connectivity index (χ0) is 14.3. The molecule has 0 heterocycles. The molecule has 0 aliphatic heterocycles. The lowest BCUT2D eigenvalue weighted by molar-refractivity contribution is 0.492. The van der Waals surface area contributed by atoms with Crippen molar-refractivity contribution in [2.24, 2.45) is 0 Å². The number of nitrogens with one attached hydrogen (secondary N) is 1. The zero-order valence-corrected chi connectivity index (χ0v) is 14.0. The Hall–Kier alpha value is -0.660. The van der Waals surface area contributed by atoms with Crippen LogP contribution < -0.4 is 4.72 Å². The lowest BCUT2D eigenvalue weighted by Crippen LogP contribution is -2.40. The Bertz CT molecular complexity index is 718. The second-order valence-corrected chi connectivity index (χ2v) is 8.26. The first-order valence-electron chi connectivity index (χ1n) is 5.92. The van der Waals surface area contributed by atoms with Crippen LogP contribution in [0.3, 0.4) is 0 Å². The first kappa shape index (κ1) is 14.7. The van der Waals surface area contributed by atoms with E-state index >= 15 is 0 Å². The highest BCUT2D eigenvalue weighted by Crippen LogP contribution is 2.27. The Balaban J connectivity index is 2.67. The molecule has 0 aliphatic rings. The van der Waals surface area contributed by atoms with E-state index < -0.39 is 15.6 Å². The molecule has 0 bridgehead atoms. The number of hydrogen-bond donors (Lipinski definition) is 1. The van der Waals surface area contributed by atoms with Crippen LogP contribution in [-0.4, -0.2) is 14.0 Å². The summed E-state index contributed by atoms with van der Waals surface area (Å²) in [5, 5.41) is 1.71. The highest BCUT2D eigenvalue weighted by Gasteiger charge is 2.23. The van der Waals surface area contributed by atoms with Crippen LogP contribution in [0.5, 0.6) is 0 Å². The van der Waals surface area contributed by atoms with Crippen LogP contribution in [0, 0.1) is 3.57 Å². The van der Waals surface area contributed by atoms with E-state index in [1.54, 1.807) is 6.07 Å². The van der Waals surface area contributed by atoms with Gasteiger partial charge in [0.1, 0.15) is 0 Å². The molecule has 2 rings (SSSR count). The molecule has 0 saturated heterocycles. The predicted octanol–water partition coefficient (Wildman–Crippen LogP) is 3.52. The van der Waals surface area contributed by atoms with Crippen molar-refractivity contribution in [3.05, 3.63) is 40.0 Å². The zero-order valence-electron chi connectivity index (χ0n) is 11.1. The van der Waals surface area contributed by atoms with Gasteiger partial charge in [-0.2, -0.15) is 0 Å². The SMILES string of the molecule is CC(C)(C)NS(=O)(=O)c1ccc(I)c2ccccc12. The Morgan fingerprint density at radius 1 is 1.00 bits per heavy atom. The molecule has 5 heteroatoms. The molecule has 0 aromatic heterocycles. The first-order chi connectivity index (χ1) is 8.71. The van der Waals surface area contributed by atoms with Gasteiger partial charge in [-0.3, -0.25) is 0 Å². The standard InChI is InChI=1S/C14H16INO2S/c1-14(2,3)16-19(17,18)13-9-8-12(15)10-6-4-5-7-11(10)13/h4-9,16H,1-3H3. The fraction of sp³-hybridized carbons (Fsp3) is 0.286. The summed E-state index contributed by atoms with van der Waals surface area (Å²) in [6.45, 7) is 5.50. The Labute approximate surface area is 127 Å². The topological polar surface area (TPSA) is 46.2 Å². The van der Waals surface area contributed by atoms with E-state index in [0.29, 0.717) is 4.90 Å². The van der Waals surface area contributed by atoms with E-state index in [9.17, 15) is 8.42 Å². The maximum absolute atomic E-state index is 12.5. The van der Waals surface area contributed by atoms with E-state index in [-0.39, 0.29) is 0 Å². The third-order valence-corrected chi connectivity index (χ3v) is 5.32. The van der Waals surface area contributed by atoms with E-state index in [1.165, 1.54) is 0 Å². The molecule has 2 aromatic rings. The van der Waals surface area contributed by atoms with Gasteiger partial charge in [-0.05, 0) is 60.9 Å². The Kier molecular flexibility index (Phi) is 3.90. The normalized spacial score (nSPS) is 12.8. The van der Waals surface area contributed by atoms with Crippen LogP contribution in [-0.2, 0) is 10.0 Å². The van der Waals surface area contributed by atoms with E-state index in [2.05, 4.69) is 27.3 Å². The summed E-state index contributed by atoms with van der Waals surface area (Å²) in [6, 6.07) is 11.0. The number of fused-ring (bicyclic) bond motifs is 1. The van der Waals surface area contributed by atoms with E-state index in [4.69, 9.17) is 0 Å². The molecule has 0 radical (unpaired) electrons. The fourth-order valence-electron chi connectivity index (χ4n) is 1.93. The third-order valence-electron chi connectivity index (χ3n) is 2.56. The molecular formula is C14H16INO2S. The van der Waals surface area contributed by atoms with E-state index in [0.717, 1.165) is 14.3 Å². The van der Waals surface area contributed by atoms with Crippen LogP contribution >= 0.6 is 22.6 Å². The van der Waals surface area contributed by atoms with Gasteiger partial charge in [-0.15, -0.1) is 0 Å². The Morgan fingerprint density at radius 3 is 2.16 bits per heavy atom. The maximum Gasteiger partial charge on any atom is 0.241 e. The molecule has 1 N–H and O–H groups in total. The van der Waals surface area contributed by atoms with Crippen molar-refractivity contribution in [3.8, 4) is 0 Å². The van der Waals surface area contributed by atoms with Gasteiger partial charge in [0, 0.05) is 14.5 Å². The lowest BCUT2D eigenvalue weighted by Gasteiger charge is -2.21. The number of hydrogen-bond acceptors (Lipinski definition) is 2. The molecule has 0 fully saturated rings. The van der Waals surface area contributed by atoms with Crippen molar-refractivity contribution in [2.75, 3.05) is 0 Å². The van der Waals surface area contributed by atoms with Gasteiger partial charge >= 0.3 is 0 Å². The van der Waals surface area contributed by atoms with Crippen molar-refractivity contribution >= 4 is 43.4 Å². The molecule has 0 aliphatic carbocycles. The smallest absolute Gasteiger partial charge is 0.207 e. The summed E-state index contributed by atoms with van der Waals surface area (Å²) in [4.78, 5) is 0.332. The number of halogens is 1. The third kappa shape index (κ3) is 3.27. The largest absolute Gasteiger partial charge is 0.241 e. The van der Waals surface area contributed by atoms with Crippen LogP contribution in [0.25, 0.3) is 10.8 Å². The summed E-state index contributed by atoms with van der Waals surface area (Å²) >= 11 is 2.22. The van der Waals surface area contributed by atoms with Gasteiger partial charge in [0.05, 0.1) is 4.90 Å².